The van der Waals surface area contributed by atoms with E-state index in [0.717, 1.165) is 36.8 Å². The van der Waals surface area contributed by atoms with E-state index in [1.54, 1.807) is 6.92 Å². The summed E-state index contributed by atoms with van der Waals surface area (Å²) in [6.45, 7) is 15.0. The van der Waals surface area contributed by atoms with Crippen LogP contribution in [-0.4, -0.2) is 137 Å². The lowest BCUT2D eigenvalue weighted by Crippen LogP contribution is -2.67. The van der Waals surface area contributed by atoms with Crippen LogP contribution in [0.3, 0.4) is 0 Å². The summed E-state index contributed by atoms with van der Waals surface area (Å²) in [6, 6.07) is 0. The molecule has 19 atom stereocenters. The molecule has 16 nitrogen and oxygen atoms in total. The van der Waals surface area contributed by atoms with Gasteiger partial charge in [-0.2, -0.15) is 0 Å². The van der Waals surface area contributed by atoms with Gasteiger partial charge in [-0.25, -0.2) is 9.59 Å². The van der Waals surface area contributed by atoms with Crippen LogP contribution < -0.4 is 0 Å². The summed E-state index contributed by atoms with van der Waals surface area (Å²) in [5, 5.41) is 94.5. The lowest BCUT2D eigenvalue weighted by molar-refractivity contribution is -0.371. The van der Waals surface area contributed by atoms with Gasteiger partial charge in [0, 0.05) is 5.41 Å². The molecule has 5 aliphatic carbocycles. The van der Waals surface area contributed by atoms with Crippen molar-refractivity contribution in [3.05, 3.63) is 23.3 Å². The second-order valence-electron chi connectivity index (χ2n) is 20.3. The molecule has 326 valence electrons. The van der Waals surface area contributed by atoms with E-state index >= 15 is 0 Å². The third kappa shape index (κ3) is 6.17. The number of carboxylic acids is 3. The van der Waals surface area contributed by atoms with E-state index in [4.69, 9.17) is 18.9 Å². The fourth-order valence-corrected chi connectivity index (χ4v) is 13.0. The first-order chi connectivity index (χ1) is 26.8. The Morgan fingerprint density at radius 1 is 0.707 bits per heavy atom. The average Bonchev–Trinajstić information content (AvgIpc) is 3.13. The van der Waals surface area contributed by atoms with Gasteiger partial charge in [-0.15, -0.1) is 0 Å². The first-order valence-corrected chi connectivity index (χ1v) is 20.6. The van der Waals surface area contributed by atoms with Crippen LogP contribution in [0.25, 0.3) is 0 Å². The molecule has 7 rings (SSSR count). The molecule has 0 aromatic carbocycles. The Morgan fingerprint density at radius 2 is 1.31 bits per heavy atom. The zero-order valence-corrected chi connectivity index (χ0v) is 34.3. The third-order valence-electron chi connectivity index (χ3n) is 16.9. The number of carbonyl (C=O) groups is 3. The zero-order chi connectivity index (χ0) is 42.9. The second-order valence-corrected chi connectivity index (χ2v) is 20.3. The van der Waals surface area contributed by atoms with E-state index in [9.17, 15) is 60.3 Å². The number of rotatable bonds is 7. The largest absolute Gasteiger partial charge is 0.481 e. The predicted molar refractivity (Wildman–Crippen MR) is 200 cm³/mol. The Morgan fingerprint density at radius 3 is 1.91 bits per heavy atom. The number of hydrogen-bond donors (Lipinski definition) is 9. The van der Waals surface area contributed by atoms with Gasteiger partial charge in [0.15, 0.2) is 24.8 Å². The van der Waals surface area contributed by atoms with Gasteiger partial charge in [0.25, 0.3) is 0 Å². The molecule has 0 radical (unpaired) electrons. The van der Waals surface area contributed by atoms with Gasteiger partial charge < -0.3 is 64.9 Å². The number of fused-ring (bicyclic) bond motifs is 6. The van der Waals surface area contributed by atoms with Gasteiger partial charge in [0.1, 0.15) is 36.6 Å². The van der Waals surface area contributed by atoms with Crippen molar-refractivity contribution in [1.82, 2.24) is 0 Å². The second kappa shape index (κ2) is 14.3. The molecule has 58 heavy (non-hydrogen) atoms. The number of ether oxygens (including phenoxy) is 4. The quantitative estimate of drug-likeness (QED) is 0.166. The van der Waals surface area contributed by atoms with Crippen LogP contribution in [0.2, 0.25) is 0 Å². The highest BCUT2D eigenvalue weighted by molar-refractivity contribution is 5.76. The fourth-order valence-electron chi connectivity index (χ4n) is 13.0. The molecule has 7 aliphatic rings. The van der Waals surface area contributed by atoms with Crippen LogP contribution in [-0.2, 0) is 33.3 Å². The number of carboxylic acid groups (broad SMARTS) is 3. The van der Waals surface area contributed by atoms with Crippen molar-refractivity contribution in [3.8, 4) is 0 Å². The molecule has 0 spiro atoms. The molecular weight excluding hydrogens is 760 g/mol. The molecule has 0 bridgehead atoms. The Labute approximate surface area is 337 Å². The van der Waals surface area contributed by atoms with Gasteiger partial charge in [-0.05, 0) is 97.4 Å². The first-order valence-electron chi connectivity index (χ1n) is 20.6. The van der Waals surface area contributed by atoms with Gasteiger partial charge >= 0.3 is 17.9 Å². The minimum atomic E-state index is -2.03. The SMILES string of the molecule is CC1(C(=O)O)CC2=C3C=CC4C5(C)CCC(OC6OC(C(=O)O)C(O)C(O)C6OC6OC(C(=O)O)C(O)C(O)C6O)C(C)(C)C5CCC4(C)C3(C)CCC2(C)C(O)C1. The number of allylic oxidation sites excluding steroid dienone is 3. The van der Waals surface area contributed by atoms with Gasteiger partial charge in [-0.3, -0.25) is 4.79 Å². The molecule has 19 unspecified atom stereocenters. The standard InChI is InChI=1S/C42H62O16/c1-37(2)20-10-13-42(7)21(9-8-18-19-16-38(3,36(53)54)17-22(43)39(19,4)14-15-41(18,42)6)40(20,5)12-11-23(37)55-35-31(27(47)26(46)30(57-35)33(51)52)58-34-28(48)24(44)25(45)29(56-34)32(49)50/h8-9,20-31,34-35,43-48H,10-17H2,1-7H3,(H,49,50)(H,51,52)(H,53,54). The van der Waals surface area contributed by atoms with E-state index in [2.05, 4.69) is 53.7 Å². The lowest BCUT2D eigenvalue weighted by Gasteiger charge is -2.69. The molecule has 9 N–H and O–H groups in total. The van der Waals surface area contributed by atoms with Crippen LogP contribution in [0.15, 0.2) is 23.3 Å². The molecule has 0 aromatic heterocycles. The summed E-state index contributed by atoms with van der Waals surface area (Å²) >= 11 is 0. The molecule has 2 heterocycles. The monoisotopic (exact) mass is 822 g/mol. The van der Waals surface area contributed by atoms with Crippen LogP contribution in [0.5, 0.6) is 0 Å². The van der Waals surface area contributed by atoms with Crippen molar-refractivity contribution >= 4 is 17.9 Å². The molecule has 2 saturated heterocycles. The highest BCUT2D eigenvalue weighted by Gasteiger charge is 2.68. The molecular formula is C42H62O16. The maximum atomic E-state index is 12.5. The highest BCUT2D eigenvalue weighted by Crippen LogP contribution is 2.74. The average molecular weight is 823 g/mol. The lowest BCUT2D eigenvalue weighted by atomic mass is 9.35. The van der Waals surface area contributed by atoms with Crippen molar-refractivity contribution in [2.75, 3.05) is 0 Å². The van der Waals surface area contributed by atoms with Gasteiger partial charge in [0.05, 0.1) is 17.6 Å². The zero-order valence-electron chi connectivity index (χ0n) is 34.3. The number of hydrogen-bond acceptors (Lipinski definition) is 13. The fraction of sp³-hybridized carbons (Fsp3) is 0.833. The minimum Gasteiger partial charge on any atom is -0.481 e. The van der Waals surface area contributed by atoms with Crippen molar-refractivity contribution in [2.45, 2.75) is 173 Å². The topological polar surface area (TPSA) is 270 Å². The van der Waals surface area contributed by atoms with E-state index in [1.165, 1.54) is 0 Å². The molecule has 3 saturated carbocycles. The van der Waals surface area contributed by atoms with Crippen molar-refractivity contribution in [3.63, 3.8) is 0 Å². The predicted octanol–water partition coefficient (Wildman–Crippen LogP) is 1.96. The summed E-state index contributed by atoms with van der Waals surface area (Å²) in [4.78, 5) is 36.5. The Kier molecular flexibility index (Phi) is 10.7. The number of aliphatic carboxylic acids is 3. The van der Waals surface area contributed by atoms with Gasteiger partial charge in [0.2, 0.25) is 0 Å². The smallest absolute Gasteiger partial charge is 0.335 e. The van der Waals surface area contributed by atoms with E-state index < -0.39 is 108 Å². The summed E-state index contributed by atoms with van der Waals surface area (Å²) in [5.74, 6) is -3.97. The summed E-state index contributed by atoms with van der Waals surface area (Å²) in [6.07, 6.45) is -11.2. The number of aliphatic hydroxyl groups is 6. The Hall–Kier alpha value is -2.51. The van der Waals surface area contributed by atoms with Crippen molar-refractivity contribution < 1.29 is 79.3 Å². The molecule has 0 aromatic rings. The van der Waals surface area contributed by atoms with E-state index in [1.807, 2.05) is 0 Å². The molecule has 16 heteroatoms. The maximum absolute atomic E-state index is 12.5. The van der Waals surface area contributed by atoms with Crippen LogP contribution >= 0.6 is 0 Å². The van der Waals surface area contributed by atoms with Crippen molar-refractivity contribution in [2.24, 2.45) is 44.3 Å². The maximum Gasteiger partial charge on any atom is 0.335 e. The number of aliphatic hydroxyl groups excluding tert-OH is 6. The van der Waals surface area contributed by atoms with Crippen LogP contribution in [0.4, 0.5) is 0 Å². The highest BCUT2D eigenvalue weighted by atomic mass is 16.8. The summed E-state index contributed by atoms with van der Waals surface area (Å²) in [5.41, 5.74) is -0.721. The molecule has 5 fully saturated rings. The minimum absolute atomic E-state index is 0.0603. The molecule has 0 amide bonds. The normalized spacial score (nSPS) is 52.4. The Balaban J connectivity index is 1.18. The molecule has 2 aliphatic heterocycles. The van der Waals surface area contributed by atoms with E-state index in [0.29, 0.717) is 19.3 Å². The summed E-state index contributed by atoms with van der Waals surface area (Å²) in [7, 11) is 0. The Bertz CT molecular complexity index is 1750. The summed E-state index contributed by atoms with van der Waals surface area (Å²) < 4.78 is 23.5. The first kappa shape index (κ1) is 43.6. The van der Waals surface area contributed by atoms with E-state index in [-0.39, 0.29) is 34.5 Å². The van der Waals surface area contributed by atoms with Crippen molar-refractivity contribution in [1.29, 1.82) is 0 Å². The van der Waals surface area contributed by atoms with Crippen LogP contribution in [0, 0.1) is 44.3 Å². The van der Waals surface area contributed by atoms with Gasteiger partial charge in [-0.1, -0.05) is 59.3 Å². The van der Waals surface area contributed by atoms with Crippen LogP contribution in [0.1, 0.15) is 99.8 Å². The third-order valence-corrected chi connectivity index (χ3v) is 16.9.